The number of phenols is 2. The zero-order chi connectivity index (χ0) is 28.3. The first-order chi connectivity index (χ1) is 19.5. The SMILES string of the molecule is COc1cc(O)c([C@H](/C=C/C[C@@H](O)CCc2ccccc2)c2ccccc2)c(O)c1C(=O)/C=C/c1ccccc1. The Hall–Kier alpha value is -4.61. The van der Waals surface area contributed by atoms with E-state index in [0.29, 0.717) is 12.8 Å². The number of ketones is 1. The molecule has 4 aromatic rings. The highest BCUT2D eigenvalue weighted by atomic mass is 16.5. The lowest BCUT2D eigenvalue weighted by Gasteiger charge is -2.20. The number of methoxy groups -OCH3 is 1. The molecule has 4 rings (SSSR count). The molecule has 5 heteroatoms. The second kappa shape index (κ2) is 14.0. The van der Waals surface area contributed by atoms with E-state index in [0.717, 1.165) is 17.5 Å². The summed E-state index contributed by atoms with van der Waals surface area (Å²) < 4.78 is 5.37. The van der Waals surface area contributed by atoms with E-state index in [-0.39, 0.29) is 28.4 Å². The summed E-state index contributed by atoms with van der Waals surface area (Å²) >= 11 is 0. The average molecular weight is 535 g/mol. The highest BCUT2D eigenvalue weighted by Gasteiger charge is 2.27. The molecule has 0 aliphatic heterocycles. The maximum Gasteiger partial charge on any atom is 0.193 e. The molecule has 5 nitrogen and oxygen atoms in total. The molecule has 3 N–H and O–H groups in total. The van der Waals surface area contributed by atoms with Gasteiger partial charge in [0.1, 0.15) is 22.8 Å². The zero-order valence-corrected chi connectivity index (χ0v) is 22.5. The first-order valence-corrected chi connectivity index (χ1v) is 13.3. The Morgan fingerprint density at radius 3 is 2.17 bits per heavy atom. The molecule has 0 aliphatic carbocycles. The lowest BCUT2D eigenvalue weighted by atomic mass is 9.87. The van der Waals surface area contributed by atoms with Crippen LogP contribution in [0.25, 0.3) is 6.08 Å². The van der Waals surface area contributed by atoms with E-state index in [9.17, 15) is 20.1 Å². The lowest BCUT2D eigenvalue weighted by molar-refractivity contribution is 0.104. The summed E-state index contributed by atoms with van der Waals surface area (Å²) in [5.41, 5.74) is 2.98. The van der Waals surface area contributed by atoms with Crippen LogP contribution in [-0.4, -0.2) is 34.3 Å². The van der Waals surface area contributed by atoms with E-state index in [2.05, 4.69) is 0 Å². The van der Waals surface area contributed by atoms with Crippen molar-refractivity contribution in [2.24, 2.45) is 0 Å². The van der Waals surface area contributed by atoms with Gasteiger partial charge in [0.15, 0.2) is 5.78 Å². The van der Waals surface area contributed by atoms with Crippen LogP contribution in [-0.2, 0) is 6.42 Å². The van der Waals surface area contributed by atoms with Gasteiger partial charge in [-0.15, -0.1) is 0 Å². The van der Waals surface area contributed by atoms with Gasteiger partial charge in [-0.1, -0.05) is 109 Å². The minimum Gasteiger partial charge on any atom is -0.507 e. The minimum atomic E-state index is -0.571. The fraction of sp³-hybridized carbons (Fsp3) is 0.171. The summed E-state index contributed by atoms with van der Waals surface area (Å²) in [6, 6.07) is 30.1. The lowest BCUT2D eigenvalue weighted by Crippen LogP contribution is -2.08. The Labute approximate surface area is 235 Å². The highest BCUT2D eigenvalue weighted by Crippen LogP contribution is 2.45. The molecular weight excluding hydrogens is 500 g/mol. The largest absolute Gasteiger partial charge is 0.507 e. The third-order valence-corrected chi connectivity index (χ3v) is 6.79. The van der Waals surface area contributed by atoms with Crippen molar-refractivity contribution in [3.63, 3.8) is 0 Å². The number of hydrogen-bond acceptors (Lipinski definition) is 5. The van der Waals surface area contributed by atoms with Crippen molar-refractivity contribution in [3.8, 4) is 17.2 Å². The van der Waals surface area contributed by atoms with E-state index in [1.807, 2.05) is 103 Å². The van der Waals surface area contributed by atoms with Crippen molar-refractivity contribution in [1.82, 2.24) is 0 Å². The number of ether oxygens (including phenoxy) is 1. The van der Waals surface area contributed by atoms with Gasteiger partial charge in [-0.05, 0) is 42.0 Å². The summed E-state index contributed by atoms with van der Waals surface area (Å²) in [5, 5.41) is 33.0. The summed E-state index contributed by atoms with van der Waals surface area (Å²) in [6.07, 6.45) is 7.97. The van der Waals surface area contributed by atoms with Gasteiger partial charge >= 0.3 is 0 Å². The standard InChI is InChI=1S/C35H34O5/c1-40-32-24-31(38)33(35(39)34(32)30(37)23-21-26-14-7-3-8-15-26)29(27-16-9-4-10-17-27)19-11-18-28(36)22-20-25-12-5-2-6-13-25/h2-17,19,21,23-24,28-29,36,38-39H,18,20,22H2,1H3/b19-11+,23-21+/t28-,29-/m1/s1. The second-order valence-corrected chi connectivity index (χ2v) is 9.57. The quantitative estimate of drug-likeness (QED) is 0.103. The maximum atomic E-state index is 13.3. The van der Waals surface area contributed by atoms with Gasteiger partial charge in [-0.2, -0.15) is 0 Å². The smallest absolute Gasteiger partial charge is 0.193 e. The van der Waals surface area contributed by atoms with Crippen LogP contribution in [0.3, 0.4) is 0 Å². The van der Waals surface area contributed by atoms with Crippen LogP contribution in [0.4, 0.5) is 0 Å². The van der Waals surface area contributed by atoms with E-state index in [1.54, 1.807) is 6.08 Å². The van der Waals surface area contributed by atoms with Crippen LogP contribution < -0.4 is 4.74 Å². The molecule has 0 fully saturated rings. The Morgan fingerprint density at radius 1 is 0.900 bits per heavy atom. The summed E-state index contributed by atoms with van der Waals surface area (Å²) in [7, 11) is 1.39. The van der Waals surface area contributed by atoms with Crippen LogP contribution in [0.1, 0.15) is 51.4 Å². The topological polar surface area (TPSA) is 87.0 Å². The van der Waals surface area contributed by atoms with Crippen molar-refractivity contribution in [2.45, 2.75) is 31.3 Å². The first-order valence-electron chi connectivity index (χ1n) is 13.3. The van der Waals surface area contributed by atoms with Crippen LogP contribution in [0, 0.1) is 0 Å². The number of aryl methyl sites for hydroxylation is 1. The summed E-state index contributed by atoms with van der Waals surface area (Å²) in [6.45, 7) is 0. The van der Waals surface area contributed by atoms with E-state index in [1.165, 1.54) is 24.8 Å². The van der Waals surface area contributed by atoms with Gasteiger partial charge in [-0.3, -0.25) is 4.79 Å². The number of carbonyl (C=O) groups is 1. The van der Waals surface area contributed by atoms with Crippen molar-refractivity contribution in [1.29, 1.82) is 0 Å². The average Bonchev–Trinajstić information content (AvgIpc) is 2.99. The first kappa shape index (κ1) is 28.4. The maximum absolute atomic E-state index is 13.3. The molecule has 2 atom stereocenters. The molecule has 0 aliphatic rings. The van der Waals surface area contributed by atoms with Gasteiger partial charge in [0, 0.05) is 17.5 Å². The number of aliphatic hydroxyl groups excluding tert-OH is 1. The van der Waals surface area contributed by atoms with Crippen LogP contribution in [0.2, 0.25) is 0 Å². The molecule has 4 aromatic carbocycles. The monoisotopic (exact) mass is 534 g/mol. The molecular formula is C35H34O5. The molecule has 0 spiro atoms. The van der Waals surface area contributed by atoms with E-state index >= 15 is 0 Å². The molecule has 0 heterocycles. The Bertz CT molecular complexity index is 1440. The molecule has 0 bridgehead atoms. The van der Waals surface area contributed by atoms with Crippen LogP contribution >= 0.6 is 0 Å². The predicted molar refractivity (Wildman–Crippen MR) is 159 cm³/mol. The normalized spacial score (nSPS) is 12.9. The Kier molecular flexibility index (Phi) is 9.92. The van der Waals surface area contributed by atoms with Crippen molar-refractivity contribution < 1.29 is 24.9 Å². The third-order valence-electron chi connectivity index (χ3n) is 6.79. The number of rotatable bonds is 12. The van der Waals surface area contributed by atoms with Crippen LogP contribution in [0.15, 0.2) is 115 Å². The number of carbonyl (C=O) groups excluding carboxylic acids is 1. The zero-order valence-electron chi connectivity index (χ0n) is 22.5. The number of aliphatic hydroxyl groups is 1. The van der Waals surface area contributed by atoms with Gasteiger partial charge in [0.2, 0.25) is 0 Å². The number of aromatic hydroxyl groups is 2. The molecule has 0 aromatic heterocycles. The molecule has 0 radical (unpaired) electrons. The van der Waals surface area contributed by atoms with E-state index in [4.69, 9.17) is 4.74 Å². The molecule has 0 saturated carbocycles. The van der Waals surface area contributed by atoms with Gasteiger partial charge in [0.05, 0.1) is 13.2 Å². The fourth-order valence-corrected chi connectivity index (χ4v) is 4.67. The molecule has 204 valence electrons. The minimum absolute atomic E-state index is 0.0280. The molecule has 0 saturated heterocycles. The van der Waals surface area contributed by atoms with Crippen molar-refractivity contribution >= 4 is 11.9 Å². The van der Waals surface area contributed by atoms with Crippen LogP contribution in [0.5, 0.6) is 17.2 Å². The molecule has 0 unspecified atom stereocenters. The van der Waals surface area contributed by atoms with Crippen molar-refractivity contribution in [3.05, 3.63) is 143 Å². The number of allylic oxidation sites excluding steroid dienone is 2. The number of hydrogen-bond donors (Lipinski definition) is 3. The van der Waals surface area contributed by atoms with Gasteiger partial charge < -0.3 is 20.1 Å². The number of benzene rings is 4. The Balaban J connectivity index is 1.64. The second-order valence-electron chi connectivity index (χ2n) is 9.57. The van der Waals surface area contributed by atoms with Gasteiger partial charge in [-0.25, -0.2) is 0 Å². The fourth-order valence-electron chi connectivity index (χ4n) is 4.67. The predicted octanol–water partition coefficient (Wildman–Crippen LogP) is 7.07. The van der Waals surface area contributed by atoms with E-state index < -0.39 is 17.8 Å². The summed E-state index contributed by atoms with van der Waals surface area (Å²) in [5.74, 6) is -1.48. The highest BCUT2D eigenvalue weighted by molar-refractivity contribution is 6.11. The van der Waals surface area contributed by atoms with Gasteiger partial charge in [0.25, 0.3) is 0 Å². The summed E-state index contributed by atoms with van der Waals surface area (Å²) in [4.78, 5) is 13.3. The molecule has 0 amide bonds. The van der Waals surface area contributed by atoms with Crippen molar-refractivity contribution in [2.75, 3.05) is 7.11 Å². The Morgan fingerprint density at radius 2 is 1.52 bits per heavy atom. The third kappa shape index (κ3) is 7.28. The molecule has 40 heavy (non-hydrogen) atoms. The number of phenolic OH excluding ortho intramolecular Hbond substituents is 2.